The van der Waals surface area contributed by atoms with Gasteiger partial charge in [0.05, 0.1) is 0 Å². The van der Waals surface area contributed by atoms with Crippen molar-refractivity contribution in [2.75, 3.05) is 11.5 Å². The molecule has 0 bridgehead atoms. The van der Waals surface area contributed by atoms with Crippen molar-refractivity contribution in [3.63, 3.8) is 0 Å². The Morgan fingerprint density at radius 1 is 1.12 bits per heavy atom. The minimum atomic E-state index is 0.228. The normalized spacial score (nSPS) is 19.6. The maximum absolute atomic E-state index is 12.4. The molecule has 17 heavy (non-hydrogen) atoms. The van der Waals surface area contributed by atoms with Gasteiger partial charge < -0.3 is 0 Å². The van der Waals surface area contributed by atoms with Gasteiger partial charge in [-0.1, -0.05) is 42.5 Å². The molecular formula is C15H14OS. The second-order valence-electron chi connectivity index (χ2n) is 4.45. The number of Topliss-reactive ketones (excluding diaryl/α,β-unsaturated/α-hetero) is 1. The first-order valence-corrected chi connectivity index (χ1v) is 7.11. The molecule has 0 amide bonds. The summed E-state index contributed by atoms with van der Waals surface area (Å²) in [6.45, 7) is 0. The molecule has 1 heterocycles. The molecule has 86 valence electrons. The lowest BCUT2D eigenvalue weighted by Crippen LogP contribution is -2.14. The van der Waals surface area contributed by atoms with E-state index in [1.54, 1.807) is 0 Å². The quantitative estimate of drug-likeness (QED) is 0.746. The molecule has 1 fully saturated rings. The lowest BCUT2D eigenvalue weighted by atomic mass is 9.93. The van der Waals surface area contributed by atoms with Gasteiger partial charge in [0.25, 0.3) is 0 Å². The van der Waals surface area contributed by atoms with Crippen molar-refractivity contribution >= 4 is 28.3 Å². The zero-order valence-electron chi connectivity index (χ0n) is 9.56. The van der Waals surface area contributed by atoms with Gasteiger partial charge >= 0.3 is 0 Å². The average Bonchev–Trinajstić information content (AvgIpc) is 2.91. The Morgan fingerprint density at radius 2 is 1.94 bits per heavy atom. The van der Waals surface area contributed by atoms with Crippen molar-refractivity contribution < 1.29 is 4.79 Å². The summed E-state index contributed by atoms with van der Waals surface area (Å²) in [5.41, 5.74) is 0.899. The van der Waals surface area contributed by atoms with E-state index in [1.807, 2.05) is 42.1 Å². The van der Waals surface area contributed by atoms with Crippen LogP contribution in [-0.2, 0) is 0 Å². The van der Waals surface area contributed by atoms with Crippen molar-refractivity contribution in [1.82, 2.24) is 0 Å². The number of carbonyl (C=O) groups excluding carboxylic acids is 1. The van der Waals surface area contributed by atoms with Crippen LogP contribution in [0.1, 0.15) is 16.8 Å². The molecule has 2 heteroatoms. The van der Waals surface area contributed by atoms with E-state index in [-0.39, 0.29) is 5.92 Å². The van der Waals surface area contributed by atoms with Gasteiger partial charge in [-0.15, -0.1) is 0 Å². The molecule has 1 atom stereocenters. The Labute approximate surface area is 105 Å². The van der Waals surface area contributed by atoms with Crippen LogP contribution in [0, 0.1) is 5.92 Å². The highest BCUT2D eigenvalue weighted by Gasteiger charge is 2.25. The Hall–Kier alpha value is -1.28. The Kier molecular flexibility index (Phi) is 2.89. The molecule has 1 aliphatic rings. The van der Waals surface area contributed by atoms with Gasteiger partial charge in [0.15, 0.2) is 5.78 Å². The molecule has 2 aromatic rings. The second kappa shape index (κ2) is 4.53. The van der Waals surface area contributed by atoms with Crippen LogP contribution in [0.15, 0.2) is 42.5 Å². The van der Waals surface area contributed by atoms with E-state index in [1.165, 1.54) is 0 Å². The van der Waals surface area contributed by atoms with Gasteiger partial charge in [-0.2, -0.15) is 11.8 Å². The number of ketones is 1. The van der Waals surface area contributed by atoms with Gasteiger partial charge in [0.1, 0.15) is 0 Å². The Bertz CT molecular complexity index is 550. The predicted molar refractivity (Wildman–Crippen MR) is 73.7 cm³/mol. The highest BCUT2D eigenvalue weighted by molar-refractivity contribution is 7.99. The van der Waals surface area contributed by atoms with E-state index < -0.39 is 0 Å². The standard InChI is InChI=1S/C15H14OS/c16-15(12-8-9-17-10-12)14-7-3-5-11-4-1-2-6-13(11)14/h1-7,12H,8-10H2. The number of hydrogen-bond acceptors (Lipinski definition) is 2. The summed E-state index contributed by atoms with van der Waals surface area (Å²) >= 11 is 1.89. The number of fused-ring (bicyclic) bond motifs is 1. The fourth-order valence-corrected chi connectivity index (χ4v) is 3.62. The molecule has 0 aromatic heterocycles. The third kappa shape index (κ3) is 1.98. The van der Waals surface area contributed by atoms with Crippen molar-refractivity contribution in [1.29, 1.82) is 0 Å². The van der Waals surface area contributed by atoms with Crippen LogP contribution in [0.5, 0.6) is 0 Å². The SMILES string of the molecule is O=C(c1cccc2ccccc12)C1CCSC1. The third-order valence-corrected chi connectivity index (χ3v) is 4.52. The zero-order valence-corrected chi connectivity index (χ0v) is 10.4. The molecule has 3 rings (SSSR count). The summed E-state index contributed by atoms with van der Waals surface area (Å²) in [6, 6.07) is 14.1. The Morgan fingerprint density at radius 3 is 2.76 bits per heavy atom. The third-order valence-electron chi connectivity index (χ3n) is 3.36. The fraction of sp³-hybridized carbons (Fsp3) is 0.267. The van der Waals surface area contributed by atoms with E-state index in [0.717, 1.165) is 34.3 Å². The minimum Gasteiger partial charge on any atom is -0.294 e. The molecule has 0 spiro atoms. The maximum atomic E-state index is 12.4. The average molecular weight is 242 g/mol. The number of benzene rings is 2. The van der Waals surface area contributed by atoms with Crippen molar-refractivity contribution in [2.24, 2.45) is 5.92 Å². The predicted octanol–water partition coefficient (Wildman–Crippen LogP) is 3.78. The number of rotatable bonds is 2. The van der Waals surface area contributed by atoms with Crippen LogP contribution in [0.25, 0.3) is 10.8 Å². The summed E-state index contributed by atoms with van der Waals surface area (Å²) in [5.74, 6) is 2.67. The van der Waals surface area contributed by atoms with Crippen molar-refractivity contribution in [2.45, 2.75) is 6.42 Å². The monoisotopic (exact) mass is 242 g/mol. The fourth-order valence-electron chi connectivity index (χ4n) is 2.40. The summed E-state index contributed by atoms with van der Waals surface area (Å²) in [5, 5.41) is 2.25. The van der Waals surface area contributed by atoms with Gasteiger partial charge in [0, 0.05) is 17.2 Å². The van der Waals surface area contributed by atoms with Crippen molar-refractivity contribution in [3.05, 3.63) is 48.0 Å². The minimum absolute atomic E-state index is 0.228. The lowest BCUT2D eigenvalue weighted by molar-refractivity contribution is 0.0935. The number of thioether (sulfide) groups is 1. The summed E-state index contributed by atoms with van der Waals surface area (Å²) < 4.78 is 0. The first kappa shape index (κ1) is 10.8. The number of hydrogen-bond donors (Lipinski definition) is 0. The molecule has 0 aliphatic carbocycles. The molecular weight excluding hydrogens is 228 g/mol. The summed E-state index contributed by atoms with van der Waals surface area (Å²) in [4.78, 5) is 12.4. The highest BCUT2D eigenvalue weighted by atomic mass is 32.2. The molecule has 0 radical (unpaired) electrons. The van der Waals surface area contributed by atoms with E-state index in [2.05, 4.69) is 12.1 Å². The lowest BCUT2D eigenvalue weighted by Gasteiger charge is -2.09. The summed E-state index contributed by atoms with van der Waals surface area (Å²) in [6.07, 6.45) is 1.03. The molecule has 0 saturated carbocycles. The molecule has 1 unspecified atom stereocenters. The van der Waals surface area contributed by atoms with Gasteiger partial charge in [-0.05, 0) is 22.9 Å². The topological polar surface area (TPSA) is 17.1 Å². The highest BCUT2D eigenvalue weighted by Crippen LogP contribution is 2.29. The second-order valence-corrected chi connectivity index (χ2v) is 5.60. The van der Waals surface area contributed by atoms with Crippen LogP contribution in [0.2, 0.25) is 0 Å². The number of carbonyl (C=O) groups is 1. The molecule has 0 N–H and O–H groups in total. The van der Waals surface area contributed by atoms with Crippen LogP contribution in [0.4, 0.5) is 0 Å². The van der Waals surface area contributed by atoms with Gasteiger partial charge in [0.2, 0.25) is 0 Å². The molecule has 2 aromatic carbocycles. The van der Waals surface area contributed by atoms with Gasteiger partial charge in [-0.25, -0.2) is 0 Å². The smallest absolute Gasteiger partial charge is 0.167 e. The largest absolute Gasteiger partial charge is 0.294 e. The maximum Gasteiger partial charge on any atom is 0.167 e. The van der Waals surface area contributed by atoms with Crippen LogP contribution < -0.4 is 0 Å². The van der Waals surface area contributed by atoms with E-state index in [4.69, 9.17) is 0 Å². The van der Waals surface area contributed by atoms with Crippen LogP contribution >= 0.6 is 11.8 Å². The van der Waals surface area contributed by atoms with E-state index >= 15 is 0 Å². The first-order valence-electron chi connectivity index (χ1n) is 5.96. The van der Waals surface area contributed by atoms with E-state index in [9.17, 15) is 4.79 Å². The Balaban J connectivity index is 2.07. The van der Waals surface area contributed by atoms with Gasteiger partial charge in [-0.3, -0.25) is 4.79 Å². The molecule has 1 saturated heterocycles. The first-order chi connectivity index (χ1) is 8.36. The van der Waals surface area contributed by atoms with Crippen LogP contribution in [-0.4, -0.2) is 17.3 Å². The molecule has 1 aliphatic heterocycles. The summed E-state index contributed by atoms with van der Waals surface area (Å²) in [7, 11) is 0. The van der Waals surface area contributed by atoms with Crippen LogP contribution in [0.3, 0.4) is 0 Å². The molecule has 1 nitrogen and oxygen atoms in total. The zero-order chi connectivity index (χ0) is 11.7. The van der Waals surface area contributed by atoms with Crippen molar-refractivity contribution in [3.8, 4) is 0 Å². The van der Waals surface area contributed by atoms with E-state index in [0.29, 0.717) is 5.78 Å².